The first-order valence-electron chi connectivity index (χ1n) is 10.8. The molecule has 0 radical (unpaired) electrons. The fourth-order valence-electron chi connectivity index (χ4n) is 4.57. The minimum absolute atomic E-state index is 0.0457. The van der Waals surface area contributed by atoms with Gasteiger partial charge in [-0.1, -0.05) is 24.3 Å². The smallest absolute Gasteiger partial charge is 0.390 e. The molecule has 0 spiro atoms. The Morgan fingerprint density at radius 2 is 2.18 bits per heavy atom. The van der Waals surface area contributed by atoms with Crippen LogP contribution in [0.15, 0.2) is 30.5 Å². The van der Waals surface area contributed by atoms with E-state index in [0.717, 1.165) is 18.2 Å². The second kappa shape index (κ2) is 9.58. The maximum absolute atomic E-state index is 10.8. The highest BCUT2D eigenvalue weighted by atomic mass is 35.5. The molecule has 1 aromatic carbocycles. The molecule has 3 N–H and O–H groups in total. The van der Waals surface area contributed by atoms with E-state index in [2.05, 4.69) is 38.6 Å². The number of aryl methyl sites for hydroxylation is 1. The standard InChI is InChI=1S/C21H23ClN5O5P/c22-21-25-19(24-16-6-5-12-3-1-2-4-14(12)16)15-8-23-27(20(15)26-21)9-13-7-17(28)18(32-13)10-31-11-33(29)30/h1-4,8,13,16-18,28H,5-7,9-11H2,(H-,24,25,26,29,30)/p+1/t13-,16+,17?,18+/m0/s1. The zero-order valence-corrected chi connectivity index (χ0v) is 19.3. The lowest BCUT2D eigenvalue weighted by atomic mass is 10.1. The molecule has 3 heterocycles. The summed E-state index contributed by atoms with van der Waals surface area (Å²) in [6, 6.07) is 8.51. The number of aliphatic hydroxyl groups is 1. The molecule has 2 aromatic heterocycles. The molecule has 0 bridgehead atoms. The molecule has 1 saturated heterocycles. The number of anilines is 1. The Kier molecular flexibility index (Phi) is 6.56. The maximum atomic E-state index is 10.8. The Balaban J connectivity index is 1.31. The molecular weight excluding hydrogens is 469 g/mol. The van der Waals surface area contributed by atoms with Crippen LogP contribution in [0.5, 0.6) is 0 Å². The maximum Gasteiger partial charge on any atom is 0.534 e. The Morgan fingerprint density at radius 3 is 3.03 bits per heavy atom. The average Bonchev–Trinajstić information content (AvgIpc) is 3.46. The molecule has 174 valence electrons. The molecule has 5 atom stereocenters. The summed E-state index contributed by atoms with van der Waals surface area (Å²) in [6.45, 7) is 0.411. The van der Waals surface area contributed by atoms with Gasteiger partial charge in [0.25, 0.3) is 6.35 Å². The van der Waals surface area contributed by atoms with Gasteiger partial charge < -0.3 is 19.9 Å². The van der Waals surface area contributed by atoms with Crippen molar-refractivity contribution in [2.45, 2.75) is 50.2 Å². The fraction of sp³-hybridized carbons (Fsp3) is 0.476. The van der Waals surface area contributed by atoms with E-state index in [1.807, 2.05) is 6.07 Å². The predicted molar refractivity (Wildman–Crippen MR) is 121 cm³/mol. The normalized spacial score (nSPS) is 24.9. The van der Waals surface area contributed by atoms with Crippen molar-refractivity contribution in [2.24, 2.45) is 0 Å². The lowest BCUT2D eigenvalue weighted by Crippen LogP contribution is -2.26. The van der Waals surface area contributed by atoms with Crippen molar-refractivity contribution < 1.29 is 24.0 Å². The molecule has 2 aliphatic rings. The number of benzene rings is 1. The van der Waals surface area contributed by atoms with E-state index in [1.54, 1.807) is 10.9 Å². The first-order chi connectivity index (χ1) is 16.0. The molecule has 3 aromatic rings. The summed E-state index contributed by atoms with van der Waals surface area (Å²) in [5, 5.41) is 19.1. The monoisotopic (exact) mass is 492 g/mol. The molecule has 10 nitrogen and oxygen atoms in total. The first-order valence-corrected chi connectivity index (χ1v) is 12.5. The highest BCUT2D eigenvalue weighted by Gasteiger charge is 2.35. The molecule has 5 rings (SSSR count). The lowest BCUT2D eigenvalue weighted by Gasteiger charge is -2.16. The van der Waals surface area contributed by atoms with Crippen molar-refractivity contribution in [3.05, 3.63) is 46.9 Å². The van der Waals surface area contributed by atoms with Gasteiger partial charge in [-0.25, -0.2) is 4.68 Å². The topological polar surface area (TPSA) is 132 Å². The van der Waals surface area contributed by atoms with Gasteiger partial charge in [0.15, 0.2) is 5.65 Å². The van der Waals surface area contributed by atoms with Gasteiger partial charge in [-0.05, 0) is 40.1 Å². The summed E-state index contributed by atoms with van der Waals surface area (Å²) >= 11 is 6.25. The van der Waals surface area contributed by atoms with Crippen LogP contribution in [-0.4, -0.2) is 61.0 Å². The second-order valence-electron chi connectivity index (χ2n) is 8.29. The third-order valence-electron chi connectivity index (χ3n) is 6.07. The number of fused-ring (bicyclic) bond motifs is 2. The van der Waals surface area contributed by atoms with Gasteiger partial charge in [-0.2, -0.15) is 20.0 Å². The summed E-state index contributed by atoms with van der Waals surface area (Å²) in [6.07, 6.45) is 2.19. The number of hydrogen-bond donors (Lipinski definition) is 3. The van der Waals surface area contributed by atoms with Crippen LogP contribution in [0, 0.1) is 0 Å². The van der Waals surface area contributed by atoms with Crippen LogP contribution >= 0.6 is 19.6 Å². The van der Waals surface area contributed by atoms with Gasteiger partial charge >= 0.3 is 8.03 Å². The van der Waals surface area contributed by atoms with Crippen LogP contribution in [0.25, 0.3) is 11.0 Å². The Bertz CT molecular complexity index is 1180. The molecule has 1 aliphatic heterocycles. The van der Waals surface area contributed by atoms with Crippen molar-refractivity contribution in [3.8, 4) is 0 Å². The molecule has 1 aliphatic carbocycles. The van der Waals surface area contributed by atoms with E-state index in [-0.39, 0.29) is 30.4 Å². The number of rotatable bonds is 8. The summed E-state index contributed by atoms with van der Waals surface area (Å²) in [4.78, 5) is 17.6. The predicted octanol–water partition coefficient (Wildman–Crippen LogP) is 2.81. The lowest BCUT2D eigenvalue weighted by molar-refractivity contribution is -0.0406. The third-order valence-corrected chi connectivity index (χ3v) is 6.65. The van der Waals surface area contributed by atoms with E-state index >= 15 is 0 Å². The highest BCUT2D eigenvalue weighted by Crippen LogP contribution is 2.35. The van der Waals surface area contributed by atoms with E-state index in [0.29, 0.717) is 24.4 Å². The zero-order chi connectivity index (χ0) is 22.9. The van der Waals surface area contributed by atoms with Crippen molar-refractivity contribution in [1.29, 1.82) is 0 Å². The van der Waals surface area contributed by atoms with Crippen LogP contribution in [0.3, 0.4) is 0 Å². The number of nitrogens with zero attached hydrogens (tertiary/aromatic N) is 4. The molecule has 0 amide bonds. The van der Waals surface area contributed by atoms with Crippen molar-refractivity contribution in [1.82, 2.24) is 19.7 Å². The summed E-state index contributed by atoms with van der Waals surface area (Å²) in [5.74, 6) is 0.634. The Hall–Kier alpha value is -2.20. The van der Waals surface area contributed by atoms with Gasteiger partial charge in [0.2, 0.25) is 5.28 Å². The summed E-state index contributed by atoms with van der Waals surface area (Å²) < 4.78 is 23.5. The molecule has 1 fully saturated rings. The number of aromatic nitrogens is 4. The van der Waals surface area contributed by atoms with Crippen LogP contribution in [0.4, 0.5) is 5.82 Å². The molecule has 12 heteroatoms. The summed E-state index contributed by atoms with van der Waals surface area (Å²) in [7, 11) is -2.38. The fourth-order valence-corrected chi connectivity index (χ4v) is 4.99. The van der Waals surface area contributed by atoms with Crippen LogP contribution in [-0.2, 0) is 27.0 Å². The van der Waals surface area contributed by atoms with Crippen molar-refractivity contribution in [3.63, 3.8) is 0 Å². The van der Waals surface area contributed by atoms with E-state index in [1.165, 1.54) is 11.1 Å². The number of ether oxygens (including phenoxy) is 2. The Morgan fingerprint density at radius 1 is 1.33 bits per heavy atom. The van der Waals surface area contributed by atoms with Crippen molar-refractivity contribution in [2.75, 3.05) is 18.3 Å². The van der Waals surface area contributed by atoms with Gasteiger partial charge in [0, 0.05) is 6.42 Å². The van der Waals surface area contributed by atoms with Gasteiger partial charge in [0.1, 0.15) is 11.9 Å². The quantitative estimate of drug-likeness (QED) is 0.321. The van der Waals surface area contributed by atoms with Gasteiger partial charge in [0.05, 0.1) is 43.0 Å². The SMILES string of the molecule is O=[P+](O)COC[C@H]1O[C@H](Cn2ncc3c(N[C@@H]4CCc5ccccc54)nc(Cl)nc32)CC1O. The van der Waals surface area contributed by atoms with E-state index in [4.69, 9.17) is 26.0 Å². The first kappa shape index (κ1) is 22.6. The van der Waals surface area contributed by atoms with Gasteiger partial charge in [-0.3, -0.25) is 0 Å². The highest BCUT2D eigenvalue weighted by molar-refractivity contribution is 7.37. The summed E-state index contributed by atoms with van der Waals surface area (Å²) in [5.41, 5.74) is 3.18. The average molecular weight is 493 g/mol. The number of hydrogen-bond acceptors (Lipinski definition) is 8. The molecule has 2 unspecified atom stereocenters. The minimum Gasteiger partial charge on any atom is -0.390 e. The van der Waals surface area contributed by atoms with E-state index < -0.39 is 20.2 Å². The number of aliphatic hydroxyl groups excluding tert-OH is 1. The third kappa shape index (κ3) is 4.87. The Labute approximate surface area is 195 Å². The molecule has 33 heavy (non-hydrogen) atoms. The zero-order valence-electron chi connectivity index (χ0n) is 17.7. The molecule has 0 saturated carbocycles. The second-order valence-corrected chi connectivity index (χ2v) is 9.59. The van der Waals surface area contributed by atoms with Crippen LogP contribution in [0.2, 0.25) is 5.28 Å². The van der Waals surface area contributed by atoms with Gasteiger partial charge in [-0.15, -0.1) is 0 Å². The largest absolute Gasteiger partial charge is 0.534 e. The van der Waals surface area contributed by atoms with Crippen molar-refractivity contribution >= 4 is 36.5 Å². The number of nitrogens with one attached hydrogen (secondary N) is 1. The molecular formula is C21H24ClN5O5P+. The van der Waals surface area contributed by atoms with Crippen LogP contribution in [0.1, 0.15) is 30.0 Å². The van der Waals surface area contributed by atoms with Crippen LogP contribution < -0.4 is 5.32 Å². The van der Waals surface area contributed by atoms with E-state index in [9.17, 15) is 9.67 Å². The minimum atomic E-state index is -2.38. The number of halogens is 1.